The number of hydrogen-bond donors (Lipinski definition) is 1. The highest BCUT2D eigenvalue weighted by Crippen LogP contribution is 2.30. The second kappa shape index (κ2) is 14.3. The van der Waals surface area contributed by atoms with E-state index in [1.54, 1.807) is 0 Å². The van der Waals surface area contributed by atoms with Gasteiger partial charge in [0, 0.05) is 19.8 Å². The molecule has 1 aromatic rings. The van der Waals surface area contributed by atoms with Gasteiger partial charge in [-0.2, -0.15) is 0 Å². The third-order valence-corrected chi connectivity index (χ3v) is 5.14. The Morgan fingerprint density at radius 1 is 0.963 bits per heavy atom. The molecular formula is C24H40N2O. The van der Waals surface area contributed by atoms with Gasteiger partial charge in [-0.3, -0.25) is 4.79 Å². The first-order valence-electron chi connectivity index (χ1n) is 10.8. The minimum Gasteiger partial charge on any atom is -0.377 e. The van der Waals surface area contributed by atoms with Crippen molar-refractivity contribution in [1.29, 1.82) is 0 Å². The molecule has 0 saturated carbocycles. The van der Waals surface area contributed by atoms with Crippen molar-refractivity contribution in [2.45, 2.75) is 83.5 Å². The first kappa shape index (κ1) is 23.3. The summed E-state index contributed by atoms with van der Waals surface area (Å²) in [6.07, 6.45) is 18.0. The van der Waals surface area contributed by atoms with Crippen molar-refractivity contribution in [2.24, 2.45) is 5.73 Å². The van der Waals surface area contributed by atoms with Gasteiger partial charge < -0.3 is 10.6 Å². The third kappa shape index (κ3) is 9.65. The number of rotatable bonds is 15. The van der Waals surface area contributed by atoms with Crippen molar-refractivity contribution in [3.8, 4) is 0 Å². The molecule has 0 aliphatic rings. The number of carbonyl (C=O) groups is 1. The summed E-state index contributed by atoms with van der Waals surface area (Å²) >= 11 is 0. The smallest absolute Gasteiger partial charge is 0.225 e. The average molecular weight is 373 g/mol. The quantitative estimate of drug-likeness (QED) is 0.295. The summed E-state index contributed by atoms with van der Waals surface area (Å²) < 4.78 is 0. The zero-order valence-corrected chi connectivity index (χ0v) is 17.8. The number of nitrogens with zero attached hydrogens (tertiary/aromatic N) is 1. The maximum atomic E-state index is 12.0. The second-order valence-corrected chi connectivity index (χ2v) is 7.72. The van der Waals surface area contributed by atoms with Gasteiger partial charge in [-0.15, -0.1) is 0 Å². The molecule has 1 atom stereocenters. The molecule has 0 aliphatic heterocycles. The topological polar surface area (TPSA) is 46.3 Å². The second-order valence-electron chi connectivity index (χ2n) is 7.72. The Morgan fingerprint density at radius 3 is 2.15 bits per heavy atom. The molecule has 152 valence electrons. The predicted molar refractivity (Wildman–Crippen MR) is 118 cm³/mol. The molecule has 0 bridgehead atoms. The van der Waals surface area contributed by atoms with Gasteiger partial charge in [-0.1, -0.05) is 75.8 Å². The highest BCUT2D eigenvalue weighted by atomic mass is 16.1. The third-order valence-electron chi connectivity index (χ3n) is 5.14. The molecular weight excluding hydrogens is 332 g/mol. The fraction of sp³-hybridized carbons (Fsp3) is 0.625. The lowest BCUT2D eigenvalue weighted by molar-refractivity contribution is -0.119. The standard InChI is InChI=1S/C24H40N2O/c1-4-5-6-7-8-9-10-11-12-13-14-15-19-22(24(25)27)21-18-16-17-20-23(21)26(2)3/h9-10,16-18,20,22H,4-8,11-15,19H2,1-3H3,(H2,25,27). The monoisotopic (exact) mass is 372 g/mol. The predicted octanol–water partition coefficient (Wildman–Crippen LogP) is 6.19. The lowest BCUT2D eigenvalue weighted by atomic mass is 9.90. The number of benzene rings is 1. The van der Waals surface area contributed by atoms with E-state index >= 15 is 0 Å². The number of anilines is 1. The van der Waals surface area contributed by atoms with Crippen LogP contribution in [0.1, 0.15) is 89.0 Å². The Kier molecular flexibility index (Phi) is 12.3. The van der Waals surface area contributed by atoms with Gasteiger partial charge in [0.25, 0.3) is 0 Å². The summed E-state index contributed by atoms with van der Waals surface area (Å²) in [5.74, 6) is -0.401. The summed E-state index contributed by atoms with van der Waals surface area (Å²) in [6.45, 7) is 2.25. The van der Waals surface area contributed by atoms with E-state index in [4.69, 9.17) is 5.73 Å². The van der Waals surface area contributed by atoms with Gasteiger partial charge in [-0.05, 0) is 43.7 Å². The largest absolute Gasteiger partial charge is 0.377 e. The Bertz CT molecular complexity index is 551. The molecule has 0 radical (unpaired) electrons. The minimum absolute atomic E-state index is 0.188. The first-order chi connectivity index (χ1) is 13.1. The Balaban J connectivity index is 2.27. The van der Waals surface area contributed by atoms with Crippen molar-refractivity contribution >= 4 is 11.6 Å². The summed E-state index contributed by atoms with van der Waals surface area (Å²) in [4.78, 5) is 14.1. The minimum atomic E-state index is -0.213. The average Bonchev–Trinajstić information content (AvgIpc) is 2.65. The van der Waals surface area contributed by atoms with Gasteiger partial charge in [0.05, 0.1) is 5.92 Å². The molecule has 0 heterocycles. The summed E-state index contributed by atoms with van der Waals surface area (Å²) in [6, 6.07) is 8.09. The molecule has 1 rings (SSSR count). The number of nitrogens with two attached hydrogens (primary N) is 1. The van der Waals surface area contributed by atoms with Crippen LogP contribution in [0, 0.1) is 0 Å². The van der Waals surface area contributed by atoms with Crippen molar-refractivity contribution in [3.63, 3.8) is 0 Å². The maximum absolute atomic E-state index is 12.0. The zero-order chi connectivity index (χ0) is 19.9. The maximum Gasteiger partial charge on any atom is 0.225 e. The molecule has 1 amide bonds. The molecule has 0 aromatic heterocycles. The van der Waals surface area contributed by atoms with Crippen LogP contribution in [0.4, 0.5) is 5.69 Å². The molecule has 1 unspecified atom stereocenters. The SMILES string of the molecule is CCCCCCC=CCCCCCCC(C(N)=O)c1ccccc1N(C)C. The van der Waals surface area contributed by atoms with Gasteiger partial charge in [0.2, 0.25) is 5.91 Å². The lowest BCUT2D eigenvalue weighted by Crippen LogP contribution is -2.23. The van der Waals surface area contributed by atoms with Gasteiger partial charge in [-0.25, -0.2) is 0 Å². The van der Waals surface area contributed by atoms with Crippen molar-refractivity contribution in [3.05, 3.63) is 42.0 Å². The number of carbonyl (C=O) groups excluding carboxylic acids is 1. The normalized spacial score (nSPS) is 12.4. The zero-order valence-electron chi connectivity index (χ0n) is 17.8. The number of unbranched alkanes of at least 4 members (excludes halogenated alkanes) is 8. The van der Waals surface area contributed by atoms with Crippen molar-refractivity contribution in [2.75, 3.05) is 19.0 Å². The van der Waals surface area contributed by atoms with E-state index in [1.165, 1.54) is 51.4 Å². The highest BCUT2D eigenvalue weighted by molar-refractivity contribution is 5.84. The Hall–Kier alpha value is -1.77. The van der Waals surface area contributed by atoms with Crippen LogP contribution in [0.15, 0.2) is 36.4 Å². The number of para-hydroxylation sites is 1. The number of primary amides is 1. The molecule has 1 aromatic carbocycles. The molecule has 2 N–H and O–H groups in total. The van der Waals surface area contributed by atoms with Gasteiger partial charge in [0.15, 0.2) is 0 Å². The van der Waals surface area contributed by atoms with Crippen LogP contribution in [0.2, 0.25) is 0 Å². The van der Waals surface area contributed by atoms with E-state index in [1.807, 2.05) is 32.3 Å². The van der Waals surface area contributed by atoms with E-state index in [2.05, 4.69) is 30.0 Å². The lowest BCUT2D eigenvalue weighted by Gasteiger charge is -2.22. The summed E-state index contributed by atoms with van der Waals surface area (Å²) in [5, 5.41) is 0. The Morgan fingerprint density at radius 2 is 1.56 bits per heavy atom. The number of hydrogen-bond acceptors (Lipinski definition) is 2. The first-order valence-corrected chi connectivity index (χ1v) is 10.8. The molecule has 3 heteroatoms. The van der Waals surface area contributed by atoms with Gasteiger partial charge in [0.1, 0.15) is 0 Å². The molecule has 27 heavy (non-hydrogen) atoms. The van der Waals surface area contributed by atoms with Crippen LogP contribution in [0.5, 0.6) is 0 Å². The van der Waals surface area contributed by atoms with Crippen LogP contribution in [-0.2, 0) is 4.79 Å². The van der Waals surface area contributed by atoms with Crippen LogP contribution in [-0.4, -0.2) is 20.0 Å². The molecule has 0 aliphatic carbocycles. The van der Waals surface area contributed by atoms with Crippen molar-refractivity contribution in [1.82, 2.24) is 0 Å². The number of allylic oxidation sites excluding steroid dienone is 2. The molecule has 3 nitrogen and oxygen atoms in total. The van der Waals surface area contributed by atoms with Crippen molar-refractivity contribution < 1.29 is 4.79 Å². The van der Waals surface area contributed by atoms with E-state index in [0.29, 0.717) is 0 Å². The van der Waals surface area contributed by atoms with E-state index in [-0.39, 0.29) is 11.8 Å². The molecule has 0 spiro atoms. The van der Waals surface area contributed by atoms with E-state index in [0.717, 1.165) is 30.5 Å². The van der Waals surface area contributed by atoms with Crippen LogP contribution < -0.4 is 10.6 Å². The van der Waals surface area contributed by atoms with Gasteiger partial charge >= 0.3 is 0 Å². The van der Waals surface area contributed by atoms with Crippen LogP contribution in [0.3, 0.4) is 0 Å². The fourth-order valence-corrected chi connectivity index (χ4v) is 3.53. The summed E-state index contributed by atoms with van der Waals surface area (Å²) in [7, 11) is 4.02. The summed E-state index contributed by atoms with van der Waals surface area (Å²) in [5.41, 5.74) is 7.86. The fourth-order valence-electron chi connectivity index (χ4n) is 3.53. The van der Waals surface area contributed by atoms with Crippen LogP contribution in [0.25, 0.3) is 0 Å². The molecule has 0 fully saturated rings. The van der Waals surface area contributed by atoms with Crippen LogP contribution >= 0.6 is 0 Å². The highest BCUT2D eigenvalue weighted by Gasteiger charge is 2.20. The molecule has 0 saturated heterocycles. The van der Waals surface area contributed by atoms with E-state index < -0.39 is 0 Å². The number of amides is 1. The Labute approximate surface area is 167 Å². The van der Waals surface area contributed by atoms with E-state index in [9.17, 15) is 4.79 Å².